The molecular weight excluding hydrogens is 1750 g/mol. The second-order valence-corrected chi connectivity index (χ2v) is 42.5. The van der Waals surface area contributed by atoms with Gasteiger partial charge in [0.05, 0.1) is 40.9 Å². The van der Waals surface area contributed by atoms with Crippen LogP contribution in [0.25, 0.3) is 21.5 Å². The molecule has 1 N–H and O–H groups in total. The predicted octanol–water partition coefficient (Wildman–Crippen LogP) is 8.17. The van der Waals surface area contributed by atoms with E-state index in [1.165, 1.54) is 59.9 Å². The molecule has 0 unspecified atom stereocenters. The number of carbonyl (C=O) groups excluding carboxylic acids is 2. The van der Waals surface area contributed by atoms with Crippen LogP contribution in [0.4, 0.5) is 22.7 Å². The molecule has 0 aliphatic carbocycles. The number of sulfonamides is 1. The van der Waals surface area contributed by atoms with Crippen molar-refractivity contribution in [1.29, 1.82) is 0 Å². The number of benzene rings is 6. The first-order valence-electron chi connectivity index (χ1n) is 41.0. The largest absolute Gasteiger partial charge is 1.00 e. The molecule has 0 spiro atoms. The number of ketones is 2. The van der Waals surface area contributed by atoms with Crippen LogP contribution in [0.5, 0.6) is 0 Å². The van der Waals surface area contributed by atoms with Crippen LogP contribution in [-0.4, -0.2) is 190 Å². The van der Waals surface area contributed by atoms with Gasteiger partial charge < -0.3 is 40.4 Å². The molecule has 0 radical (unpaired) electrons. The van der Waals surface area contributed by atoms with Gasteiger partial charge in [0.25, 0.3) is 0 Å². The van der Waals surface area contributed by atoms with Crippen LogP contribution in [0.1, 0.15) is 187 Å². The molecule has 10 rings (SSSR count). The number of fused-ring (bicyclic) bond motifs is 8. The normalized spacial score (nSPS) is 16.5. The van der Waals surface area contributed by atoms with Gasteiger partial charge in [-0.15, -0.1) is 31.7 Å². The topological polar surface area (TPSA) is 382 Å². The molecule has 0 atom stereocenters. The van der Waals surface area contributed by atoms with E-state index in [2.05, 4.69) is 136 Å². The molecule has 34 heteroatoms. The first-order valence-corrected chi connectivity index (χ1v) is 49.0. The van der Waals surface area contributed by atoms with Crippen molar-refractivity contribution in [2.75, 3.05) is 74.7 Å². The second kappa shape index (κ2) is 44.8. The summed E-state index contributed by atoms with van der Waals surface area (Å²) in [7, 11) is -20.1. The maximum atomic E-state index is 14.1. The van der Waals surface area contributed by atoms with Gasteiger partial charge in [0.15, 0.2) is 17.2 Å². The number of rotatable bonds is 33. The second-order valence-electron chi connectivity index (χ2n) is 35.2. The van der Waals surface area contributed by atoms with Gasteiger partial charge in [-0.05, 0) is 188 Å². The zero-order chi connectivity index (χ0) is 93.0. The van der Waals surface area contributed by atoms with Gasteiger partial charge in [-0.3, -0.25) is 9.59 Å². The third-order valence-electron chi connectivity index (χ3n) is 22.8. The van der Waals surface area contributed by atoms with Crippen molar-refractivity contribution in [3.05, 3.63) is 221 Å². The number of carbonyl (C=O) groups is 2. The zero-order valence-corrected chi connectivity index (χ0v) is 85.1. The van der Waals surface area contributed by atoms with Crippen LogP contribution in [-0.2, 0) is 99.4 Å². The molecule has 0 fully saturated rings. The Labute approximate surface area is 793 Å². The maximum Gasteiger partial charge on any atom is 1.00 e. The number of aliphatic hydroxyl groups is 1. The van der Waals surface area contributed by atoms with Crippen molar-refractivity contribution in [2.45, 2.75) is 206 Å². The summed E-state index contributed by atoms with van der Waals surface area (Å²) in [5.41, 5.74) is 11.9. The molecule has 674 valence electrons. The molecule has 4 aliphatic heterocycles. The molecule has 26 nitrogen and oxygen atoms in total. The van der Waals surface area contributed by atoms with Crippen molar-refractivity contribution in [3.63, 3.8) is 0 Å². The summed E-state index contributed by atoms with van der Waals surface area (Å²) in [5, 5.41) is 12.8. The van der Waals surface area contributed by atoms with Crippen molar-refractivity contribution in [1.82, 2.24) is 9.21 Å². The number of nitrogens with zero attached hydrogens (tertiary/aromatic N) is 6. The average molecular weight is 1870 g/mol. The molecular formula is C92H118N6Na2O20S6. The van der Waals surface area contributed by atoms with E-state index in [0.717, 1.165) is 86.7 Å². The first kappa shape index (κ1) is 110. The van der Waals surface area contributed by atoms with Gasteiger partial charge >= 0.3 is 80.3 Å². The van der Waals surface area contributed by atoms with E-state index in [-0.39, 0.29) is 124 Å². The Morgan fingerprint density at radius 1 is 0.540 bits per heavy atom. The molecule has 4 aliphatic rings. The minimum Gasteiger partial charge on any atom is -0.748 e. The fourth-order valence-corrected chi connectivity index (χ4v) is 19.7. The summed E-state index contributed by atoms with van der Waals surface area (Å²) in [6.45, 7) is 39.8. The van der Waals surface area contributed by atoms with E-state index >= 15 is 0 Å². The Morgan fingerprint density at radius 2 is 1.04 bits per heavy atom. The number of hydrogen-bond donors (Lipinski definition) is 1. The third kappa shape index (κ3) is 27.6. The van der Waals surface area contributed by atoms with Crippen LogP contribution < -0.4 is 68.9 Å². The minimum absolute atomic E-state index is 0. The maximum absolute atomic E-state index is 14.1. The summed E-state index contributed by atoms with van der Waals surface area (Å²) in [6, 6.07) is 28.8. The fraction of sp³-hybridized carbons (Fsp3) is 0.446. The van der Waals surface area contributed by atoms with E-state index in [0.29, 0.717) is 61.7 Å². The molecule has 126 heavy (non-hydrogen) atoms. The monoisotopic (exact) mass is 1860 g/mol. The molecule has 0 bridgehead atoms. The summed E-state index contributed by atoms with van der Waals surface area (Å²) in [6.07, 6.45) is 27.8. The Balaban J connectivity index is 0.000000413. The molecule has 0 saturated heterocycles. The van der Waals surface area contributed by atoms with Gasteiger partial charge in [0, 0.05) is 144 Å². The summed E-state index contributed by atoms with van der Waals surface area (Å²) < 4.78 is 191. The quantitative estimate of drug-likeness (QED) is 0.0133. The SMILES string of the molecule is CCC[N+]1=C(C=CC=CC=CC=C2N(CCCS(=O)(=O)[O-])c3ccc(CN(C)CCCC(=O)C(C)(C)O)cc3C2(C)C)C(C)(C)c2cc(C)ccc21.O=S(=O)=O.O=S(=O)=O.[CH2-]CC[N+]1=C(C=CC=CC=C2N(CCCS(=O)(=O)[O-])c3ccc4c(S(=O)(=O)N(C)CCCC(=O)C(C)(C)C)cccc4c3C2(C)C)C(C)(C)c2c1ccc1c(C)cc(S(=O)(=O)[O-])cc21.[Na+].[Na+]. The van der Waals surface area contributed by atoms with Gasteiger partial charge in [-0.25, -0.2) is 38.0 Å². The minimum atomic E-state index is -4.70. The van der Waals surface area contributed by atoms with Crippen LogP contribution in [0, 0.1) is 26.2 Å². The van der Waals surface area contributed by atoms with E-state index < -0.39 is 94.9 Å². The summed E-state index contributed by atoms with van der Waals surface area (Å²) >= 11 is 0. The van der Waals surface area contributed by atoms with Crippen LogP contribution in [0.3, 0.4) is 0 Å². The van der Waals surface area contributed by atoms with Crippen molar-refractivity contribution < 1.29 is 156 Å². The van der Waals surface area contributed by atoms with Gasteiger partial charge in [-0.2, -0.15) is 9.15 Å². The summed E-state index contributed by atoms with van der Waals surface area (Å²) in [5.74, 6) is -1.04. The number of allylic oxidation sites excluding steroid dienone is 14. The molecule has 0 aromatic heterocycles. The molecule has 4 heterocycles. The Morgan fingerprint density at radius 3 is 1.59 bits per heavy atom. The standard InChI is InChI=1S/C49H61N3O9S3.C43H59N3O5S.2Na.2O3S/c1-11-27-51-40-25-23-35-33(2)31-34(64(59,60)61)32-38(35)46(40)49(8,9)42(51)20-13-12-14-21-43-48(6,7)45-37-18-15-19-41(63(57,58)50(10)28-16-22-44(53)47(3,4)5)36(37)24-26-39(45)52(43)29-17-30-62(54,55)56;1-10-25-45-36-23-21-32(2)29-34(36)41(3,4)38(45)18-14-12-11-13-15-19-39-42(5,6)35-30-33(31-44(9)26-16-20-40(47)43(7,8)48)22-24-37(35)46(39)27-17-28-52(49,50)51;;;2*1-4(2)3/h12-15,18-21,23-26,31-32H,1,11,16-17,22,27-30H2,2-10H3,(H,54,55,56)(H,59,60,61);11-15,18-19,21-24,29-30,48H,10,16-17,20,25-28,31H2,1-9H3;;;;/q;;2*+1;;/p-2. The average Bonchev–Trinajstić information content (AvgIpc) is 1.56. The summed E-state index contributed by atoms with van der Waals surface area (Å²) in [4.78, 5) is 30.9. The number of aryl methyl sites for hydroxylation is 2. The van der Waals surface area contributed by atoms with Crippen molar-refractivity contribution >= 4 is 129 Å². The number of Topliss-reactive ketones (excluding diaryl/α,β-unsaturated/α-hetero) is 2. The number of anilines is 2. The predicted molar refractivity (Wildman–Crippen MR) is 485 cm³/mol. The smallest absolute Gasteiger partial charge is 0.748 e. The Kier molecular flexibility index (Phi) is 39.0. The molecule has 0 amide bonds. The van der Waals surface area contributed by atoms with Crippen LogP contribution in [0.2, 0.25) is 0 Å². The molecule has 6 aromatic rings. The molecule has 6 aromatic carbocycles. The van der Waals surface area contributed by atoms with Gasteiger partial charge in [0.1, 0.15) is 34.6 Å². The zero-order valence-electron chi connectivity index (χ0n) is 76.2. The van der Waals surface area contributed by atoms with Gasteiger partial charge in [0.2, 0.25) is 21.4 Å². The third-order valence-corrected chi connectivity index (χ3v) is 27.1. The Bertz CT molecular complexity index is 6080. The molecule has 0 saturated carbocycles. The Hall–Kier alpha value is -6.90. The van der Waals surface area contributed by atoms with E-state index in [1.54, 1.807) is 25.1 Å². The van der Waals surface area contributed by atoms with Crippen molar-refractivity contribution in [3.8, 4) is 0 Å². The van der Waals surface area contributed by atoms with Crippen molar-refractivity contribution in [2.24, 2.45) is 5.41 Å². The van der Waals surface area contributed by atoms with Crippen LogP contribution >= 0.6 is 0 Å². The van der Waals surface area contributed by atoms with Crippen LogP contribution in [0.15, 0.2) is 185 Å². The first-order chi connectivity index (χ1) is 57.4. The van der Waals surface area contributed by atoms with E-state index in [1.807, 2.05) is 126 Å². The van der Waals surface area contributed by atoms with E-state index in [4.69, 9.17) is 25.3 Å². The van der Waals surface area contributed by atoms with Gasteiger partial charge in [-0.1, -0.05) is 146 Å². The fourth-order valence-electron chi connectivity index (χ4n) is 16.7. The van der Waals surface area contributed by atoms with E-state index in [9.17, 15) is 62.0 Å². The number of hydrogen-bond acceptors (Lipinski definition) is 23.